The maximum Gasteiger partial charge on any atom is 0.256 e. The maximum atomic E-state index is 14.0. The summed E-state index contributed by atoms with van der Waals surface area (Å²) in [5, 5.41) is 4.64. The number of carbonyl (C=O) groups is 1. The Bertz CT molecular complexity index is 1190. The first-order valence-corrected chi connectivity index (χ1v) is 9.49. The number of pyridine rings is 2. The summed E-state index contributed by atoms with van der Waals surface area (Å²) in [5.41, 5.74) is 2.95. The summed E-state index contributed by atoms with van der Waals surface area (Å²) in [5.74, 6) is -0.0273. The van der Waals surface area contributed by atoms with Crippen molar-refractivity contribution in [1.82, 2.24) is 24.5 Å². The van der Waals surface area contributed by atoms with Crippen LogP contribution in [0.2, 0.25) is 0 Å². The molecule has 1 saturated heterocycles. The number of halogens is 1. The van der Waals surface area contributed by atoms with Crippen LogP contribution in [-0.2, 0) is 0 Å². The third-order valence-corrected chi connectivity index (χ3v) is 5.31. The molecule has 0 saturated carbocycles. The van der Waals surface area contributed by atoms with E-state index in [1.54, 1.807) is 33.9 Å². The highest BCUT2D eigenvalue weighted by Crippen LogP contribution is 2.27. The largest absolute Gasteiger partial charge is 0.338 e. The van der Waals surface area contributed by atoms with Crippen molar-refractivity contribution in [2.45, 2.75) is 12.3 Å². The van der Waals surface area contributed by atoms with Gasteiger partial charge in [0.2, 0.25) is 0 Å². The number of likely N-dealkylation sites (tertiary alicyclic amines) is 1. The van der Waals surface area contributed by atoms with Crippen molar-refractivity contribution in [1.29, 1.82) is 0 Å². The topological polar surface area (TPSA) is 63.4 Å². The van der Waals surface area contributed by atoms with Gasteiger partial charge in [-0.25, -0.2) is 13.9 Å². The van der Waals surface area contributed by atoms with Crippen LogP contribution in [-0.4, -0.2) is 43.5 Å². The number of carbonyl (C=O) groups excluding carboxylic acids is 1. The van der Waals surface area contributed by atoms with Crippen LogP contribution in [0.3, 0.4) is 0 Å². The van der Waals surface area contributed by atoms with Crippen LogP contribution in [0.25, 0.3) is 16.8 Å². The van der Waals surface area contributed by atoms with Crippen LogP contribution in [0.4, 0.5) is 4.39 Å². The molecule has 1 aliphatic heterocycles. The molecule has 3 aromatic heterocycles. The van der Waals surface area contributed by atoms with Gasteiger partial charge in [-0.15, -0.1) is 0 Å². The molecule has 1 aliphatic rings. The highest BCUT2D eigenvalue weighted by atomic mass is 19.1. The van der Waals surface area contributed by atoms with E-state index in [4.69, 9.17) is 0 Å². The minimum Gasteiger partial charge on any atom is -0.338 e. The summed E-state index contributed by atoms with van der Waals surface area (Å²) < 4.78 is 15.7. The van der Waals surface area contributed by atoms with Crippen LogP contribution in [0.15, 0.2) is 67.1 Å². The van der Waals surface area contributed by atoms with Crippen molar-refractivity contribution in [3.63, 3.8) is 0 Å². The Balaban J connectivity index is 1.38. The second-order valence-electron chi connectivity index (χ2n) is 7.14. The van der Waals surface area contributed by atoms with Crippen LogP contribution >= 0.6 is 0 Å². The van der Waals surface area contributed by atoms with E-state index in [1.807, 2.05) is 30.5 Å². The molecule has 1 fully saturated rings. The van der Waals surface area contributed by atoms with E-state index in [2.05, 4.69) is 15.1 Å². The zero-order valence-electron chi connectivity index (χ0n) is 15.6. The third kappa shape index (κ3) is 3.24. The molecule has 6 nitrogen and oxygen atoms in total. The molecule has 1 aromatic carbocycles. The zero-order chi connectivity index (χ0) is 19.8. The second kappa shape index (κ2) is 7.09. The van der Waals surface area contributed by atoms with E-state index in [-0.39, 0.29) is 17.4 Å². The van der Waals surface area contributed by atoms with Gasteiger partial charge in [0, 0.05) is 43.2 Å². The number of rotatable bonds is 3. The zero-order valence-corrected chi connectivity index (χ0v) is 15.6. The molecule has 1 atom stereocenters. The number of amides is 1. The Kier molecular flexibility index (Phi) is 4.27. The Labute approximate surface area is 166 Å². The van der Waals surface area contributed by atoms with Crippen molar-refractivity contribution >= 4 is 11.6 Å². The van der Waals surface area contributed by atoms with E-state index in [0.717, 1.165) is 23.2 Å². The summed E-state index contributed by atoms with van der Waals surface area (Å²) in [6.07, 6.45) is 6.21. The Morgan fingerprint density at radius 1 is 1.03 bits per heavy atom. The lowest BCUT2D eigenvalue weighted by molar-refractivity contribution is 0.0786. The van der Waals surface area contributed by atoms with Crippen molar-refractivity contribution in [3.05, 3.63) is 84.3 Å². The summed E-state index contributed by atoms with van der Waals surface area (Å²) in [6, 6.07) is 13.9. The molecule has 0 radical (unpaired) electrons. The van der Waals surface area contributed by atoms with E-state index >= 15 is 0 Å². The van der Waals surface area contributed by atoms with Gasteiger partial charge in [-0.3, -0.25) is 9.78 Å². The van der Waals surface area contributed by atoms with E-state index in [9.17, 15) is 9.18 Å². The molecule has 0 bridgehead atoms. The predicted molar refractivity (Wildman–Crippen MR) is 106 cm³/mol. The van der Waals surface area contributed by atoms with Gasteiger partial charge in [-0.05, 0) is 48.4 Å². The first-order chi connectivity index (χ1) is 14.2. The van der Waals surface area contributed by atoms with Gasteiger partial charge in [-0.1, -0.05) is 12.1 Å². The molecule has 7 heteroatoms. The predicted octanol–water partition coefficient (Wildman–Crippen LogP) is 3.56. The number of hydrogen-bond acceptors (Lipinski definition) is 4. The van der Waals surface area contributed by atoms with E-state index < -0.39 is 5.82 Å². The maximum absolute atomic E-state index is 14.0. The lowest BCUT2D eigenvalue weighted by Gasteiger charge is -2.16. The van der Waals surface area contributed by atoms with Crippen molar-refractivity contribution in [3.8, 4) is 11.1 Å². The number of benzene rings is 1. The van der Waals surface area contributed by atoms with Gasteiger partial charge in [0.1, 0.15) is 5.82 Å². The van der Waals surface area contributed by atoms with Gasteiger partial charge in [-0.2, -0.15) is 5.10 Å². The fourth-order valence-corrected chi connectivity index (χ4v) is 3.75. The normalized spacial score (nSPS) is 16.4. The van der Waals surface area contributed by atoms with Crippen molar-refractivity contribution in [2.24, 2.45) is 0 Å². The first kappa shape index (κ1) is 17.5. The molecule has 0 spiro atoms. The number of hydrogen-bond donors (Lipinski definition) is 0. The molecule has 144 valence electrons. The van der Waals surface area contributed by atoms with Gasteiger partial charge in [0.25, 0.3) is 5.91 Å². The quantitative estimate of drug-likeness (QED) is 0.539. The minimum absolute atomic E-state index is 0.0370. The lowest BCUT2D eigenvalue weighted by atomic mass is 10.1. The van der Waals surface area contributed by atoms with Gasteiger partial charge < -0.3 is 4.90 Å². The smallest absolute Gasteiger partial charge is 0.256 e. The van der Waals surface area contributed by atoms with Crippen LogP contribution < -0.4 is 0 Å². The summed E-state index contributed by atoms with van der Waals surface area (Å²) in [6.45, 7) is 1.05. The Morgan fingerprint density at radius 3 is 2.69 bits per heavy atom. The van der Waals surface area contributed by atoms with Crippen LogP contribution in [0, 0.1) is 5.82 Å². The second-order valence-corrected chi connectivity index (χ2v) is 7.14. The molecular weight excluding hydrogens is 369 g/mol. The number of fused-ring (bicyclic) bond motifs is 1. The van der Waals surface area contributed by atoms with Gasteiger partial charge in [0.05, 0.1) is 5.56 Å². The molecule has 1 amide bonds. The fraction of sp³-hybridized carbons (Fsp3) is 0.182. The standard InChI is InChI=1S/C22H18FN5O/c23-19-4-2-1-3-18(19)22(29)27-12-9-17(13-27)21-25-20-6-5-16(14-28(20)26-21)15-7-10-24-11-8-15/h1-8,10-11,14,17H,9,12-13H2/t17-/m0/s1. The Hall–Kier alpha value is -3.61. The van der Waals surface area contributed by atoms with Crippen molar-refractivity contribution in [2.75, 3.05) is 13.1 Å². The summed E-state index contributed by atoms with van der Waals surface area (Å²) in [7, 11) is 0. The van der Waals surface area contributed by atoms with Gasteiger partial charge in [0.15, 0.2) is 11.5 Å². The van der Waals surface area contributed by atoms with Crippen LogP contribution in [0.5, 0.6) is 0 Å². The summed E-state index contributed by atoms with van der Waals surface area (Å²) >= 11 is 0. The van der Waals surface area contributed by atoms with Crippen molar-refractivity contribution < 1.29 is 9.18 Å². The molecular formula is C22H18FN5O. The highest BCUT2D eigenvalue weighted by Gasteiger charge is 2.31. The molecule has 0 aliphatic carbocycles. The molecule has 29 heavy (non-hydrogen) atoms. The first-order valence-electron chi connectivity index (χ1n) is 9.49. The molecule has 5 rings (SSSR count). The number of nitrogens with zero attached hydrogens (tertiary/aromatic N) is 5. The van der Waals surface area contributed by atoms with Gasteiger partial charge >= 0.3 is 0 Å². The molecule has 0 unspecified atom stereocenters. The molecule has 0 N–H and O–H groups in total. The average molecular weight is 387 g/mol. The Morgan fingerprint density at radius 2 is 1.86 bits per heavy atom. The molecule has 4 aromatic rings. The lowest BCUT2D eigenvalue weighted by Crippen LogP contribution is -2.29. The highest BCUT2D eigenvalue weighted by molar-refractivity contribution is 5.94. The van der Waals surface area contributed by atoms with E-state index in [1.165, 1.54) is 12.1 Å². The fourth-order valence-electron chi connectivity index (χ4n) is 3.75. The number of aromatic nitrogens is 4. The molecule has 4 heterocycles. The minimum atomic E-state index is -0.490. The monoisotopic (exact) mass is 387 g/mol. The summed E-state index contributed by atoms with van der Waals surface area (Å²) in [4.78, 5) is 23.0. The average Bonchev–Trinajstić information content (AvgIpc) is 3.41. The van der Waals surface area contributed by atoms with Crippen LogP contribution in [0.1, 0.15) is 28.5 Å². The third-order valence-electron chi connectivity index (χ3n) is 5.31. The SMILES string of the molecule is O=C(c1ccccc1F)N1CC[C@H](c2nc3ccc(-c4ccncc4)cn3n2)C1. The van der Waals surface area contributed by atoms with E-state index in [0.29, 0.717) is 18.9 Å².